The van der Waals surface area contributed by atoms with E-state index in [-0.39, 0.29) is 13.9 Å². The smallest absolute Gasteiger partial charge is 0.245 e. The van der Waals surface area contributed by atoms with Crippen LogP contribution in [0.4, 0.5) is 0 Å². The zero-order valence-electron chi connectivity index (χ0n) is 4.52. The number of amides is 1. The molecule has 0 aromatic carbocycles. The number of hydrogen-bond donors (Lipinski definition) is 1. The van der Waals surface area contributed by atoms with Crippen LogP contribution in [0, 0.1) is 0 Å². The lowest BCUT2D eigenvalue weighted by Crippen LogP contribution is -2.22. The summed E-state index contributed by atoms with van der Waals surface area (Å²) in [5, 5.41) is 2.40. The lowest BCUT2D eigenvalue weighted by Gasteiger charge is -1.92. The Morgan fingerprint density at radius 3 is 2.71 bits per heavy atom. The quantitative estimate of drug-likeness (QED) is 0.520. The van der Waals surface area contributed by atoms with Crippen molar-refractivity contribution in [1.29, 1.82) is 0 Å². The summed E-state index contributed by atoms with van der Waals surface area (Å²) in [5.74, 6) is -0.0949. The molecule has 0 radical (unpaired) electrons. The van der Waals surface area contributed by atoms with E-state index in [2.05, 4.69) is 10.1 Å². The predicted octanol–water partition coefficient (Wildman–Crippen LogP) is -0.375. The number of nitrogens with one attached hydrogen (secondary N) is 1. The van der Waals surface area contributed by atoms with Crippen LogP contribution in [0.1, 0.15) is 1.43 Å². The predicted molar refractivity (Wildman–Crippen MR) is 28.1 cm³/mol. The zero-order chi connectivity index (χ0) is 5.70. The summed E-state index contributed by atoms with van der Waals surface area (Å²) in [6.07, 6.45) is 0. The van der Waals surface area contributed by atoms with Gasteiger partial charge in [0, 0.05) is 15.6 Å². The monoisotopic (exact) mass is 105 g/mol. The number of carbonyl (C=O) groups excluding carboxylic acids is 1. The van der Waals surface area contributed by atoms with Crippen molar-refractivity contribution in [2.45, 2.75) is 0 Å². The summed E-state index contributed by atoms with van der Waals surface area (Å²) in [6.45, 7) is 0.149. The maximum atomic E-state index is 10.2. The number of likely N-dealkylation sites (N-methyl/N-ethyl adjacent to an activating group) is 1. The molecule has 0 aliphatic heterocycles. The van der Waals surface area contributed by atoms with Gasteiger partial charge < -0.3 is 10.1 Å². The topological polar surface area (TPSA) is 38.3 Å². The van der Waals surface area contributed by atoms with Crippen molar-refractivity contribution in [3.05, 3.63) is 0 Å². The van der Waals surface area contributed by atoms with Crippen LogP contribution in [0.5, 0.6) is 0 Å². The molecule has 0 aliphatic carbocycles. The maximum Gasteiger partial charge on any atom is 0.245 e. The minimum Gasteiger partial charge on any atom is -0.375 e. The standard InChI is InChI=1S/C4H9NO2.H2/c1-5-4(6)3-7-2;/h3H2,1-2H3,(H,5,6);1H. The number of methoxy groups -OCH3 is 1. The van der Waals surface area contributed by atoms with Gasteiger partial charge in [-0.3, -0.25) is 4.79 Å². The van der Waals surface area contributed by atoms with Gasteiger partial charge in [-0.15, -0.1) is 0 Å². The van der Waals surface area contributed by atoms with E-state index in [4.69, 9.17) is 0 Å². The normalized spacial score (nSPS) is 8.29. The molecule has 0 saturated carbocycles. The number of carbonyl (C=O) groups is 1. The average molecular weight is 105 g/mol. The van der Waals surface area contributed by atoms with Crippen LogP contribution in [0.15, 0.2) is 0 Å². The summed E-state index contributed by atoms with van der Waals surface area (Å²) in [6, 6.07) is 0. The highest BCUT2D eigenvalue weighted by Gasteiger charge is 1.90. The molecule has 1 amide bonds. The molecule has 0 aliphatic rings. The van der Waals surface area contributed by atoms with Gasteiger partial charge in [0.2, 0.25) is 5.91 Å². The minimum absolute atomic E-state index is 0. The van der Waals surface area contributed by atoms with Gasteiger partial charge in [-0.2, -0.15) is 0 Å². The van der Waals surface area contributed by atoms with Gasteiger partial charge in [0.1, 0.15) is 6.61 Å². The summed E-state index contributed by atoms with van der Waals surface area (Å²) < 4.78 is 4.48. The van der Waals surface area contributed by atoms with Crippen molar-refractivity contribution in [2.75, 3.05) is 20.8 Å². The molecule has 0 unspecified atom stereocenters. The first kappa shape index (κ1) is 6.43. The zero-order valence-corrected chi connectivity index (χ0v) is 4.52. The van der Waals surface area contributed by atoms with Crippen LogP contribution in [0.25, 0.3) is 0 Å². The van der Waals surface area contributed by atoms with Crippen molar-refractivity contribution in [3.63, 3.8) is 0 Å². The number of rotatable bonds is 2. The van der Waals surface area contributed by atoms with Crippen molar-refractivity contribution in [3.8, 4) is 0 Å². The molecular weight excluding hydrogens is 94.0 g/mol. The molecule has 0 rings (SSSR count). The SMILES string of the molecule is CNC(=O)COC.[HH]. The van der Waals surface area contributed by atoms with E-state index >= 15 is 0 Å². The molecule has 3 nitrogen and oxygen atoms in total. The minimum atomic E-state index is -0.0949. The lowest BCUT2D eigenvalue weighted by atomic mass is 10.7. The van der Waals surface area contributed by atoms with Gasteiger partial charge in [0.25, 0.3) is 0 Å². The van der Waals surface area contributed by atoms with Gasteiger partial charge in [-0.1, -0.05) is 0 Å². The van der Waals surface area contributed by atoms with E-state index in [0.29, 0.717) is 0 Å². The van der Waals surface area contributed by atoms with Crippen LogP contribution in [0.2, 0.25) is 0 Å². The molecule has 0 aromatic rings. The van der Waals surface area contributed by atoms with Gasteiger partial charge in [-0.05, 0) is 0 Å². The van der Waals surface area contributed by atoms with Crippen LogP contribution in [0.3, 0.4) is 0 Å². The second-order valence-corrected chi connectivity index (χ2v) is 1.11. The molecule has 44 valence electrons. The van der Waals surface area contributed by atoms with Gasteiger partial charge in [0.15, 0.2) is 0 Å². The van der Waals surface area contributed by atoms with Crippen molar-refractivity contribution < 1.29 is 11.0 Å². The first-order valence-electron chi connectivity index (χ1n) is 2.00. The highest BCUT2D eigenvalue weighted by Crippen LogP contribution is 1.62. The Bertz CT molecular complexity index is 67.1. The second-order valence-electron chi connectivity index (χ2n) is 1.11. The van der Waals surface area contributed by atoms with Crippen molar-refractivity contribution in [1.82, 2.24) is 5.32 Å². The van der Waals surface area contributed by atoms with Crippen molar-refractivity contribution >= 4 is 5.91 Å². The Hall–Kier alpha value is -0.570. The summed E-state index contributed by atoms with van der Waals surface area (Å²) >= 11 is 0. The third-order valence-corrected chi connectivity index (χ3v) is 0.554. The molecule has 0 saturated heterocycles. The van der Waals surface area contributed by atoms with E-state index in [1.807, 2.05) is 0 Å². The third-order valence-electron chi connectivity index (χ3n) is 0.554. The summed E-state index contributed by atoms with van der Waals surface area (Å²) in [7, 11) is 3.05. The highest BCUT2D eigenvalue weighted by atomic mass is 16.5. The fourth-order valence-corrected chi connectivity index (χ4v) is 0.203. The molecule has 7 heavy (non-hydrogen) atoms. The number of hydrogen-bond acceptors (Lipinski definition) is 2. The third kappa shape index (κ3) is 3.26. The largest absolute Gasteiger partial charge is 0.375 e. The molecule has 0 fully saturated rings. The Morgan fingerprint density at radius 1 is 2.00 bits per heavy atom. The molecule has 0 heterocycles. The fourth-order valence-electron chi connectivity index (χ4n) is 0.203. The van der Waals surface area contributed by atoms with E-state index in [9.17, 15) is 4.79 Å². The van der Waals surface area contributed by atoms with Crippen molar-refractivity contribution in [2.24, 2.45) is 0 Å². The molecular formula is C4H11NO2. The highest BCUT2D eigenvalue weighted by molar-refractivity contribution is 5.76. The molecule has 1 N–H and O–H groups in total. The average Bonchev–Trinajstić information content (AvgIpc) is 1.68. The molecule has 0 atom stereocenters. The van der Waals surface area contributed by atoms with Crippen LogP contribution < -0.4 is 5.32 Å². The van der Waals surface area contributed by atoms with Crippen LogP contribution >= 0.6 is 0 Å². The maximum absolute atomic E-state index is 10.2. The Labute approximate surface area is 44.1 Å². The Kier molecular flexibility index (Phi) is 3.32. The molecule has 0 aromatic heterocycles. The van der Waals surface area contributed by atoms with Crippen LogP contribution in [-0.2, 0) is 9.53 Å². The Morgan fingerprint density at radius 2 is 2.57 bits per heavy atom. The first-order chi connectivity index (χ1) is 3.31. The molecule has 0 spiro atoms. The van der Waals surface area contributed by atoms with Gasteiger partial charge >= 0.3 is 0 Å². The van der Waals surface area contributed by atoms with E-state index in [1.165, 1.54) is 7.11 Å². The lowest BCUT2D eigenvalue weighted by molar-refractivity contribution is -0.124. The van der Waals surface area contributed by atoms with E-state index in [0.717, 1.165) is 0 Å². The summed E-state index contributed by atoms with van der Waals surface area (Å²) in [5.41, 5.74) is 0. The first-order valence-corrected chi connectivity index (χ1v) is 2.00. The second kappa shape index (κ2) is 3.61. The molecule has 0 bridgehead atoms. The van der Waals surface area contributed by atoms with E-state index < -0.39 is 0 Å². The fraction of sp³-hybridized carbons (Fsp3) is 0.750. The summed E-state index contributed by atoms with van der Waals surface area (Å²) in [4.78, 5) is 10.2. The molecule has 3 heteroatoms. The Balaban J connectivity index is 0. The number of ether oxygens (including phenoxy) is 1. The van der Waals surface area contributed by atoms with Gasteiger partial charge in [-0.25, -0.2) is 0 Å². The van der Waals surface area contributed by atoms with Crippen LogP contribution in [-0.4, -0.2) is 26.7 Å². The van der Waals surface area contributed by atoms with E-state index in [1.54, 1.807) is 7.05 Å². The van der Waals surface area contributed by atoms with Gasteiger partial charge in [0.05, 0.1) is 0 Å².